The van der Waals surface area contributed by atoms with Crippen LogP contribution in [0.3, 0.4) is 0 Å². The van der Waals surface area contributed by atoms with E-state index in [9.17, 15) is 14.4 Å². The predicted octanol–water partition coefficient (Wildman–Crippen LogP) is 6.70. The van der Waals surface area contributed by atoms with Crippen LogP contribution >= 0.6 is 0 Å². The number of benzene rings is 2. The number of amides is 3. The summed E-state index contributed by atoms with van der Waals surface area (Å²) < 4.78 is 10.7. The number of hydrogen-bond donors (Lipinski definition) is 2. The van der Waals surface area contributed by atoms with Crippen molar-refractivity contribution in [3.63, 3.8) is 0 Å². The van der Waals surface area contributed by atoms with Gasteiger partial charge in [-0.2, -0.15) is 0 Å². The molecule has 0 aromatic heterocycles. The molecule has 0 heterocycles. The average molecular weight is 578 g/mol. The molecule has 0 fully saturated rings. The largest absolute Gasteiger partial charge is 0.497 e. The summed E-state index contributed by atoms with van der Waals surface area (Å²) in [4.78, 5) is 42.7. The van der Waals surface area contributed by atoms with Crippen molar-refractivity contribution in [1.82, 2.24) is 10.2 Å². The van der Waals surface area contributed by atoms with Gasteiger partial charge in [0.25, 0.3) is 5.91 Å². The Labute approximate surface area is 251 Å². The first-order chi connectivity index (χ1) is 19.9. The van der Waals surface area contributed by atoms with Gasteiger partial charge < -0.3 is 25.0 Å². The summed E-state index contributed by atoms with van der Waals surface area (Å²) in [6, 6.07) is 12.2. The molecule has 0 saturated heterocycles. The minimum atomic E-state index is -0.973. The Morgan fingerprint density at radius 3 is 2.10 bits per heavy atom. The van der Waals surface area contributed by atoms with Crippen LogP contribution in [0, 0.1) is 18.3 Å². The second kappa shape index (κ2) is 16.5. The van der Waals surface area contributed by atoms with Crippen LogP contribution in [-0.2, 0) is 14.3 Å². The molecule has 0 bridgehead atoms. The van der Waals surface area contributed by atoms with Crippen LogP contribution in [0.2, 0.25) is 0 Å². The van der Waals surface area contributed by atoms with E-state index in [-0.39, 0.29) is 17.7 Å². The number of methoxy groups -OCH3 is 1. The molecule has 8 heteroatoms. The van der Waals surface area contributed by atoms with Gasteiger partial charge in [0.05, 0.1) is 7.11 Å². The Morgan fingerprint density at radius 2 is 1.57 bits per heavy atom. The lowest BCUT2D eigenvalue weighted by Crippen LogP contribution is -2.54. The molecule has 3 amide bonds. The first-order valence-corrected chi connectivity index (χ1v) is 14.7. The van der Waals surface area contributed by atoms with Crippen LogP contribution in [0.5, 0.6) is 5.75 Å². The summed E-state index contributed by atoms with van der Waals surface area (Å²) in [7, 11) is 1.57. The summed E-state index contributed by atoms with van der Waals surface area (Å²) in [5.41, 5.74) is 1.11. The molecule has 0 saturated carbocycles. The molecule has 2 N–H and O–H groups in total. The Bertz CT molecular complexity index is 1190. The molecule has 0 aliphatic rings. The molecular weight excluding hydrogens is 530 g/mol. The van der Waals surface area contributed by atoms with Crippen molar-refractivity contribution in [1.29, 1.82) is 0 Å². The Morgan fingerprint density at radius 1 is 0.952 bits per heavy atom. The summed E-state index contributed by atoms with van der Waals surface area (Å²) in [5, 5.41) is 5.73. The summed E-state index contributed by atoms with van der Waals surface area (Å²) in [6.45, 7) is 11.5. The van der Waals surface area contributed by atoms with Gasteiger partial charge in [-0.25, -0.2) is 4.79 Å². The molecule has 0 aliphatic carbocycles. The van der Waals surface area contributed by atoms with E-state index in [1.54, 1.807) is 81.3 Å². The van der Waals surface area contributed by atoms with E-state index in [0.717, 1.165) is 25.7 Å². The van der Waals surface area contributed by atoms with Gasteiger partial charge in [0.15, 0.2) is 0 Å². The number of hydrogen-bond acceptors (Lipinski definition) is 5. The molecule has 2 aromatic carbocycles. The predicted molar refractivity (Wildman–Crippen MR) is 167 cm³/mol. The van der Waals surface area contributed by atoms with E-state index < -0.39 is 23.8 Å². The number of nitrogens with zero attached hydrogens (tertiary/aromatic N) is 1. The van der Waals surface area contributed by atoms with Crippen LogP contribution in [0.4, 0.5) is 10.5 Å². The number of unbranched alkanes of at least 4 members (excludes halogenated alkanes) is 4. The summed E-state index contributed by atoms with van der Waals surface area (Å²) in [6.07, 6.45) is 9.73. The Balaban J connectivity index is 2.52. The third kappa shape index (κ3) is 10.8. The average Bonchev–Trinajstić information content (AvgIpc) is 2.94. The van der Waals surface area contributed by atoms with Gasteiger partial charge in [0.2, 0.25) is 5.91 Å². The SMILES string of the molecule is C#Cc1ccc(C(C(=O)Nc2ccc(OC)cc2)N(CCCCCCC)C(=O)C(NC(=O)OC(C)(C)C)C(C)C)cc1. The zero-order valence-corrected chi connectivity index (χ0v) is 26.2. The first kappa shape index (κ1) is 34.2. The van der Waals surface area contributed by atoms with Crippen LogP contribution in [0.1, 0.15) is 90.8 Å². The lowest BCUT2D eigenvalue weighted by Gasteiger charge is -2.35. The van der Waals surface area contributed by atoms with Crippen molar-refractivity contribution in [3.05, 3.63) is 59.7 Å². The second-order valence-corrected chi connectivity index (χ2v) is 11.7. The van der Waals surface area contributed by atoms with Crippen LogP contribution in [0.25, 0.3) is 0 Å². The lowest BCUT2D eigenvalue weighted by molar-refractivity contribution is -0.141. The molecule has 2 aromatic rings. The highest BCUT2D eigenvalue weighted by atomic mass is 16.6. The van der Waals surface area contributed by atoms with E-state index in [2.05, 4.69) is 23.5 Å². The Kier molecular flexibility index (Phi) is 13.4. The molecule has 0 aliphatic heterocycles. The zero-order valence-electron chi connectivity index (χ0n) is 26.2. The van der Waals surface area contributed by atoms with E-state index in [4.69, 9.17) is 15.9 Å². The van der Waals surface area contributed by atoms with Crippen LogP contribution < -0.4 is 15.4 Å². The summed E-state index contributed by atoms with van der Waals surface area (Å²) in [5.74, 6) is 2.26. The van der Waals surface area contributed by atoms with Crippen LogP contribution in [0.15, 0.2) is 48.5 Å². The van der Waals surface area contributed by atoms with Gasteiger partial charge >= 0.3 is 6.09 Å². The lowest BCUT2D eigenvalue weighted by atomic mass is 9.97. The number of terminal acetylenes is 1. The monoisotopic (exact) mass is 577 g/mol. The summed E-state index contributed by atoms with van der Waals surface area (Å²) >= 11 is 0. The highest BCUT2D eigenvalue weighted by molar-refractivity contribution is 5.99. The molecular formula is C34H47N3O5. The van der Waals surface area contributed by atoms with E-state index in [1.165, 1.54) is 0 Å². The normalized spacial score (nSPS) is 12.5. The van der Waals surface area contributed by atoms with Crippen molar-refractivity contribution in [2.75, 3.05) is 19.0 Å². The van der Waals surface area contributed by atoms with E-state index in [0.29, 0.717) is 35.5 Å². The third-order valence-corrected chi connectivity index (χ3v) is 6.70. The van der Waals surface area contributed by atoms with Crippen molar-refractivity contribution in [2.24, 2.45) is 5.92 Å². The molecule has 42 heavy (non-hydrogen) atoms. The fourth-order valence-electron chi connectivity index (χ4n) is 4.50. The molecule has 0 radical (unpaired) electrons. The minimum absolute atomic E-state index is 0.262. The second-order valence-electron chi connectivity index (χ2n) is 11.7. The zero-order chi connectivity index (χ0) is 31.3. The number of rotatable bonds is 14. The first-order valence-electron chi connectivity index (χ1n) is 14.7. The maximum atomic E-state index is 14.3. The van der Waals surface area contributed by atoms with Crippen LogP contribution in [-0.4, -0.2) is 48.1 Å². The van der Waals surface area contributed by atoms with Crippen molar-refractivity contribution < 1.29 is 23.9 Å². The molecule has 8 nitrogen and oxygen atoms in total. The van der Waals surface area contributed by atoms with Gasteiger partial charge in [-0.15, -0.1) is 6.42 Å². The molecule has 2 unspecified atom stereocenters. The number of alkyl carbamates (subject to hydrolysis) is 1. The maximum absolute atomic E-state index is 14.3. The number of anilines is 1. The number of nitrogens with one attached hydrogen (secondary N) is 2. The number of carbonyl (C=O) groups is 3. The van der Waals surface area contributed by atoms with Gasteiger partial charge in [0, 0.05) is 17.8 Å². The maximum Gasteiger partial charge on any atom is 0.408 e. The van der Waals surface area contributed by atoms with Crippen molar-refractivity contribution in [3.8, 4) is 18.1 Å². The number of ether oxygens (including phenoxy) is 2. The van der Waals surface area contributed by atoms with Gasteiger partial charge in [0.1, 0.15) is 23.4 Å². The highest BCUT2D eigenvalue weighted by Crippen LogP contribution is 2.27. The standard InChI is InChI=1S/C34H47N3O5/c1-9-11-12-13-14-23-37(32(39)29(24(3)4)36-33(40)42-34(5,6)7)30(26-17-15-25(10-2)16-18-26)31(38)35-27-19-21-28(41-8)22-20-27/h2,15-22,24,29-30H,9,11-14,23H2,1,3-8H3,(H,35,38)(H,36,40). The van der Waals surface area contributed by atoms with Crippen molar-refractivity contribution in [2.45, 2.75) is 91.3 Å². The fraction of sp³-hybridized carbons (Fsp3) is 0.500. The molecule has 228 valence electrons. The fourth-order valence-corrected chi connectivity index (χ4v) is 4.50. The van der Waals surface area contributed by atoms with Crippen molar-refractivity contribution >= 4 is 23.6 Å². The Hall–Kier alpha value is -3.99. The number of carbonyl (C=O) groups excluding carboxylic acids is 3. The van der Waals surface area contributed by atoms with Gasteiger partial charge in [-0.05, 0) is 75.1 Å². The topological polar surface area (TPSA) is 97.0 Å². The quantitative estimate of drug-likeness (QED) is 0.192. The molecule has 0 spiro atoms. The third-order valence-electron chi connectivity index (χ3n) is 6.70. The smallest absolute Gasteiger partial charge is 0.408 e. The van der Waals surface area contributed by atoms with E-state index in [1.807, 2.05) is 13.8 Å². The minimum Gasteiger partial charge on any atom is -0.497 e. The molecule has 2 rings (SSSR count). The van der Waals surface area contributed by atoms with Gasteiger partial charge in [-0.1, -0.05) is 64.5 Å². The molecule has 2 atom stereocenters. The highest BCUT2D eigenvalue weighted by Gasteiger charge is 2.37. The van der Waals surface area contributed by atoms with E-state index >= 15 is 0 Å². The van der Waals surface area contributed by atoms with Gasteiger partial charge in [-0.3, -0.25) is 9.59 Å².